The molecule has 5 heteroatoms. The van der Waals surface area contributed by atoms with E-state index in [1.165, 1.54) is 0 Å². The number of carbonyl (C=O) groups is 1. The van der Waals surface area contributed by atoms with Crippen LogP contribution in [0.4, 0.5) is 11.4 Å². The summed E-state index contributed by atoms with van der Waals surface area (Å²) in [5.41, 5.74) is 7.54. The highest BCUT2D eigenvalue weighted by atomic mass is 16.5. The van der Waals surface area contributed by atoms with Crippen LogP contribution in [-0.4, -0.2) is 26.7 Å². The van der Waals surface area contributed by atoms with E-state index in [0.29, 0.717) is 18.0 Å². The SMILES string of the molecule is COc1cc(C(N)=O)cc2c1NCN2C. The molecular formula is C10H13N3O2. The number of nitrogens with zero attached hydrogens (tertiary/aromatic N) is 1. The van der Waals surface area contributed by atoms with Crippen molar-refractivity contribution in [1.82, 2.24) is 0 Å². The average Bonchev–Trinajstić information content (AvgIpc) is 2.59. The summed E-state index contributed by atoms with van der Waals surface area (Å²) in [7, 11) is 3.50. The molecule has 0 aliphatic carbocycles. The molecule has 1 aromatic carbocycles. The van der Waals surface area contributed by atoms with Crippen LogP contribution in [0.3, 0.4) is 0 Å². The number of methoxy groups -OCH3 is 1. The molecule has 1 heterocycles. The molecule has 3 N–H and O–H groups in total. The quantitative estimate of drug-likeness (QED) is 0.745. The molecule has 0 unspecified atom stereocenters. The standard InChI is InChI=1S/C10H13N3O2/c1-13-5-12-9-7(13)3-6(10(11)14)4-8(9)15-2/h3-4,12H,5H2,1-2H3,(H2,11,14). The first-order valence-electron chi connectivity index (χ1n) is 4.60. The molecule has 1 aliphatic rings. The van der Waals surface area contributed by atoms with Gasteiger partial charge in [-0.25, -0.2) is 0 Å². The lowest BCUT2D eigenvalue weighted by Crippen LogP contribution is -2.16. The van der Waals surface area contributed by atoms with Crippen molar-refractivity contribution in [2.75, 3.05) is 31.0 Å². The first-order chi connectivity index (χ1) is 7.13. The minimum atomic E-state index is -0.448. The second-order valence-corrected chi connectivity index (χ2v) is 3.47. The highest BCUT2D eigenvalue weighted by molar-refractivity contribution is 5.97. The molecule has 0 saturated heterocycles. The van der Waals surface area contributed by atoms with Gasteiger partial charge in [-0.1, -0.05) is 0 Å². The second-order valence-electron chi connectivity index (χ2n) is 3.47. The van der Waals surface area contributed by atoms with E-state index >= 15 is 0 Å². The molecule has 5 nitrogen and oxygen atoms in total. The van der Waals surface area contributed by atoms with Crippen LogP contribution in [0.5, 0.6) is 5.75 Å². The third-order valence-electron chi connectivity index (χ3n) is 2.49. The molecule has 80 valence electrons. The molecule has 1 aromatic rings. The summed E-state index contributed by atoms with van der Waals surface area (Å²) in [6.45, 7) is 0.702. The van der Waals surface area contributed by atoms with Gasteiger partial charge in [0, 0.05) is 12.6 Å². The number of ether oxygens (including phenoxy) is 1. The Bertz CT molecular complexity index is 417. The molecular weight excluding hydrogens is 194 g/mol. The highest BCUT2D eigenvalue weighted by Crippen LogP contribution is 2.39. The predicted octanol–water partition coefficient (Wildman–Crippen LogP) is 0.613. The van der Waals surface area contributed by atoms with Crippen molar-refractivity contribution in [2.45, 2.75) is 0 Å². The Morgan fingerprint density at radius 1 is 1.60 bits per heavy atom. The highest BCUT2D eigenvalue weighted by Gasteiger charge is 2.21. The molecule has 1 amide bonds. The molecule has 0 fully saturated rings. The summed E-state index contributed by atoms with van der Waals surface area (Å²) < 4.78 is 5.20. The van der Waals surface area contributed by atoms with Gasteiger partial charge in [0.2, 0.25) is 5.91 Å². The third kappa shape index (κ3) is 1.45. The van der Waals surface area contributed by atoms with Gasteiger partial charge in [-0.3, -0.25) is 4.79 Å². The fraction of sp³-hybridized carbons (Fsp3) is 0.300. The molecule has 0 radical (unpaired) electrons. The average molecular weight is 207 g/mol. The van der Waals surface area contributed by atoms with Gasteiger partial charge in [-0.15, -0.1) is 0 Å². The van der Waals surface area contributed by atoms with Gasteiger partial charge in [0.05, 0.1) is 19.5 Å². The van der Waals surface area contributed by atoms with E-state index in [4.69, 9.17) is 10.5 Å². The second kappa shape index (κ2) is 3.34. The zero-order valence-electron chi connectivity index (χ0n) is 8.70. The Morgan fingerprint density at radius 3 is 2.93 bits per heavy atom. The van der Waals surface area contributed by atoms with Crippen molar-refractivity contribution in [3.8, 4) is 5.75 Å². The van der Waals surface area contributed by atoms with Crippen LogP contribution < -0.4 is 20.7 Å². The zero-order chi connectivity index (χ0) is 11.0. The van der Waals surface area contributed by atoms with Crippen molar-refractivity contribution in [1.29, 1.82) is 0 Å². The number of amides is 1. The Balaban J connectivity index is 2.58. The first-order valence-corrected chi connectivity index (χ1v) is 4.60. The number of nitrogens with two attached hydrogens (primary N) is 1. The number of rotatable bonds is 2. The Labute approximate surface area is 87.8 Å². The number of fused-ring (bicyclic) bond motifs is 1. The maximum Gasteiger partial charge on any atom is 0.248 e. The van der Waals surface area contributed by atoms with Gasteiger partial charge < -0.3 is 20.7 Å². The van der Waals surface area contributed by atoms with E-state index in [9.17, 15) is 4.79 Å². The van der Waals surface area contributed by atoms with Crippen LogP contribution >= 0.6 is 0 Å². The minimum Gasteiger partial charge on any atom is -0.494 e. The Hall–Kier alpha value is -1.91. The lowest BCUT2D eigenvalue weighted by Gasteiger charge is -2.12. The summed E-state index contributed by atoms with van der Waals surface area (Å²) in [6, 6.07) is 3.41. The van der Waals surface area contributed by atoms with Gasteiger partial charge in [0.25, 0.3) is 0 Å². The fourth-order valence-electron chi connectivity index (χ4n) is 1.67. The number of primary amides is 1. The van der Waals surface area contributed by atoms with E-state index in [1.807, 2.05) is 11.9 Å². The Morgan fingerprint density at radius 2 is 2.33 bits per heavy atom. The predicted molar refractivity (Wildman–Crippen MR) is 58.4 cm³/mol. The summed E-state index contributed by atoms with van der Waals surface area (Å²) in [6.07, 6.45) is 0. The topological polar surface area (TPSA) is 67.6 Å². The molecule has 15 heavy (non-hydrogen) atoms. The number of hydrogen-bond donors (Lipinski definition) is 2. The van der Waals surface area contributed by atoms with Crippen molar-refractivity contribution in [3.05, 3.63) is 17.7 Å². The number of anilines is 2. The molecule has 0 bridgehead atoms. The molecule has 0 saturated carbocycles. The monoisotopic (exact) mass is 207 g/mol. The van der Waals surface area contributed by atoms with Crippen LogP contribution in [0.25, 0.3) is 0 Å². The van der Waals surface area contributed by atoms with Crippen LogP contribution in [0, 0.1) is 0 Å². The van der Waals surface area contributed by atoms with Gasteiger partial charge in [-0.2, -0.15) is 0 Å². The molecule has 0 aromatic heterocycles. The molecule has 0 spiro atoms. The largest absolute Gasteiger partial charge is 0.494 e. The number of carbonyl (C=O) groups excluding carboxylic acids is 1. The minimum absolute atomic E-state index is 0.448. The van der Waals surface area contributed by atoms with E-state index in [2.05, 4.69) is 5.32 Å². The maximum atomic E-state index is 11.1. The number of hydrogen-bond acceptors (Lipinski definition) is 4. The van der Waals surface area contributed by atoms with Crippen LogP contribution in [0.2, 0.25) is 0 Å². The molecule has 0 atom stereocenters. The van der Waals surface area contributed by atoms with Crippen molar-refractivity contribution >= 4 is 17.3 Å². The zero-order valence-corrected chi connectivity index (χ0v) is 8.70. The number of nitrogens with one attached hydrogen (secondary N) is 1. The van der Waals surface area contributed by atoms with Crippen molar-refractivity contribution in [2.24, 2.45) is 5.73 Å². The Kier molecular flexibility index (Phi) is 2.15. The number of benzene rings is 1. The maximum absolute atomic E-state index is 11.1. The summed E-state index contributed by atoms with van der Waals surface area (Å²) >= 11 is 0. The van der Waals surface area contributed by atoms with E-state index in [1.54, 1.807) is 19.2 Å². The van der Waals surface area contributed by atoms with Gasteiger partial charge in [0.1, 0.15) is 11.4 Å². The van der Waals surface area contributed by atoms with Gasteiger partial charge in [0.15, 0.2) is 0 Å². The van der Waals surface area contributed by atoms with Crippen molar-refractivity contribution in [3.63, 3.8) is 0 Å². The molecule has 1 aliphatic heterocycles. The lowest BCUT2D eigenvalue weighted by atomic mass is 10.1. The third-order valence-corrected chi connectivity index (χ3v) is 2.49. The van der Waals surface area contributed by atoms with Gasteiger partial charge >= 0.3 is 0 Å². The van der Waals surface area contributed by atoms with Gasteiger partial charge in [-0.05, 0) is 12.1 Å². The fourth-order valence-corrected chi connectivity index (χ4v) is 1.67. The van der Waals surface area contributed by atoms with E-state index in [0.717, 1.165) is 11.4 Å². The summed E-state index contributed by atoms with van der Waals surface area (Å²) in [5.74, 6) is 0.196. The van der Waals surface area contributed by atoms with E-state index < -0.39 is 5.91 Å². The smallest absolute Gasteiger partial charge is 0.248 e. The normalized spacial score (nSPS) is 13.3. The summed E-state index contributed by atoms with van der Waals surface area (Å²) in [5, 5.41) is 3.18. The van der Waals surface area contributed by atoms with Crippen molar-refractivity contribution < 1.29 is 9.53 Å². The van der Waals surface area contributed by atoms with Crippen LogP contribution in [0.15, 0.2) is 12.1 Å². The first kappa shape index (κ1) is 9.64. The summed E-state index contributed by atoms with van der Waals surface area (Å²) in [4.78, 5) is 13.1. The molecule has 2 rings (SSSR count). The van der Waals surface area contributed by atoms with E-state index in [-0.39, 0.29) is 0 Å². The van der Waals surface area contributed by atoms with Crippen LogP contribution in [0.1, 0.15) is 10.4 Å². The van der Waals surface area contributed by atoms with Crippen LogP contribution in [-0.2, 0) is 0 Å². The lowest BCUT2D eigenvalue weighted by molar-refractivity contribution is 0.1000.